The SMILES string of the molecule is C[C@H](O)[C@@H]1CC[C@H]2[C@H]3CCC4=CC(=O)CC[C@@]4(C)[C@@H]3CC[C@@]21C. The molecule has 0 amide bonds. The number of hydrogen-bond donors (Lipinski definition) is 1. The second-order valence-electron chi connectivity index (χ2n) is 9.44. The van der Waals surface area contributed by atoms with Gasteiger partial charge in [0.2, 0.25) is 0 Å². The lowest BCUT2D eigenvalue weighted by Crippen LogP contribution is -2.51. The molecule has 0 heterocycles. The number of rotatable bonds is 1. The first-order valence-electron chi connectivity index (χ1n) is 9.78. The average molecular weight is 316 g/mol. The zero-order valence-electron chi connectivity index (χ0n) is 15.0. The Hall–Kier alpha value is -0.630. The third-order valence-electron chi connectivity index (χ3n) is 8.62. The van der Waals surface area contributed by atoms with Crippen LogP contribution in [0.15, 0.2) is 11.6 Å². The first-order valence-corrected chi connectivity index (χ1v) is 9.78. The summed E-state index contributed by atoms with van der Waals surface area (Å²) in [4.78, 5) is 11.9. The predicted octanol–water partition coefficient (Wildman–Crippen LogP) is 4.52. The van der Waals surface area contributed by atoms with Crippen LogP contribution in [0.2, 0.25) is 0 Å². The van der Waals surface area contributed by atoms with Gasteiger partial charge in [0.05, 0.1) is 6.10 Å². The highest BCUT2D eigenvalue weighted by Crippen LogP contribution is 2.66. The largest absolute Gasteiger partial charge is 0.393 e. The van der Waals surface area contributed by atoms with E-state index in [1.165, 1.54) is 37.7 Å². The zero-order valence-corrected chi connectivity index (χ0v) is 15.0. The summed E-state index contributed by atoms with van der Waals surface area (Å²) in [5.74, 6) is 3.21. The number of aliphatic hydroxyl groups excluding tert-OH is 1. The summed E-state index contributed by atoms with van der Waals surface area (Å²) in [6, 6.07) is 0. The summed E-state index contributed by atoms with van der Waals surface area (Å²) < 4.78 is 0. The van der Waals surface area contributed by atoms with Crippen molar-refractivity contribution < 1.29 is 9.90 Å². The summed E-state index contributed by atoms with van der Waals surface area (Å²) in [5.41, 5.74) is 2.09. The van der Waals surface area contributed by atoms with Crippen molar-refractivity contribution in [1.29, 1.82) is 0 Å². The molecule has 2 heteroatoms. The molecule has 0 bridgehead atoms. The van der Waals surface area contributed by atoms with Gasteiger partial charge >= 0.3 is 0 Å². The van der Waals surface area contributed by atoms with Gasteiger partial charge in [-0.1, -0.05) is 19.4 Å². The lowest BCUT2D eigenvalue weighted by atomic mass is 9.46. The van der Waals surface area contributed by atoms with Crippen LogP contribution in [0, 0.1) is 34.5 Å². The van der Waals surface area contributed by atoms with E-state index in [2.05, 4.69) is 13.8 Å². The fourth-order valence-electron chi connectivity index (χ4n) is 7.39. The van der Waals surface area contributed by atoms with Crippen LogP contribution in [0.1, 0.15) is 72.1 Å². The summed E-state index contributed by atoms with van der Waals surface area (Å²) in [6.45, 7) is 6.92. The van der Waals surface area contributed by atoms with Gasteiger partial charge < -0.3 is 5.11 Å². The number of hydrogen-bond acceptors (Lipinski definition) is 2. The van der Waals surface area contributed by atoms with Crippen molar-refractivity contribution in [3.8, 4) is 0 Å². The van der Waals surface area contributed by atoms with E-state index in [9.17, 15) is 9.90 Å². The molecule has 3 fully saturated rings. The van der Waals surface area contributed by atoms with Crippen molar-refractivity contribution in [2.24, 2.45) is 34.5 Å². The third kappa shape index (κ3) is 2.13. The monoisotopic (exact) mass is 316 g/mol. The molecule has 7 atom stereocenters. The van der Waals surface area contributed by atoms with Gasteiger partial charge in [0.1, 0.15) is 0 Å². The normalized spacial score (nSPS) is 50.6. The third-order valence-corrected chi connectivity index (χ3v) is 8.62. The zero-order chi connectivity index (χ0) is 16.4. The minimum atomic E-state index is -0.163. The van der Waals surface area contributed by atoms with Gasteiger partial charge in [-0.3, -0.25) is 4.79 Å². The first-order chi connectivity index (χ1) is 10.9. The van der Waals surface area contributed by atoms with E-state index in [0.717, 1.165) is 37.0 Å². The molecule has 0 aromatic carbocycles. The molecule has 2 nitrogen and oxygen atoms in total. The molecule has 4 aliphatic carbocycles. The van der Waals surface area contributed by atoms with Gasteiger partial charge in [-0.25, -0.2) is 0 Å². The van der Waals surface area contributed by atoms with Crippen LogP contribution in [-0.4, -0.2) is 17.0 Å². The van der Waals surface area contributed by atoms with Gasteiger partial charge in [0, 0.05) is 6.42 Å². The van der Waals surface area contributed by atoms with Gasteiger partial charge in [-0.15, -0.1) is 0 Å². The number of allylic oxidation sites excluding steroid dienone is 1. The van der Waals surface area contributed by atoms with E-state index in [-0.39, 0.29) is 11.5 Å². The number of aliphatic hydroxyl groups is 1. The minimum absolute atomic E-state index is 0.163. The van der Waals surface area contributed by atoms with E-state index in [0.29, 0.717) is 17.1 Å². The standard InChI is InChI=1S/C21H32O2/c1-13(22)17-6-7-18-16-5-4-14-12-15(23)8-10-20(14,2)19(16)9-11-21(17,18)3/h12-13,16-19,22H,4-11H2,1-3H3/t13-,16+,17-,18-,19+,20+,21+/m0/s1. The lowest BCUT2D eigenvalue weighted by molar-refractivity contribution is -0.117. The van der Waals surface area contributed by atoms with E-state index < -0.39 is 0 Å². The van der Waals surface area contributed by atoms with Crippen molar-refractivity contribution in [3.05, 3.63) is 11.6 Å². The van der Waals surface area contributed by atoms with Crippen LogP contribution >= 0.6 is 0 Å². The fourth-order valence-corrected chi connectivity index (χ4v) is 7.39. The van der Waals surface area contributed by atoms with Crippen molar-refractivity contribution in [1.82, 2.24) is 0 Å². The maximum absolute atomic E-state index is 11.9. The van der Waals surface area contributed by atoms with Gasteiger partial charge in [-0.2, -0.15) is 0 Å². The Morgan fingerprint density at radius 2 is 1.87 bits per heavy atom. The van der Waals surface area contributed by atoms with Crippen LogP contribution in [-0.2, 0) is 4.79 Å². The van der Waals surface area contributed by atoms with Crippen molar-refractivity contribution in [2.45, 2.75) is 78.2 Å². The highest BCUT2D eigenvalue weighted by molar-refractivity contribution is 5.91. The number of carbonyl (C=O) groups is 1. The van der Waals surface area contributed by atoms with Crippen LogP contribution in [0.5, 0.6) is 0 Å². The Balaban J connectivity index is 1.66. The topological polar surface area (TPSA) is 37.3 Å². The van der Waals surface area contributed by atoms with Gasteiger partial charge in [0.15, 0.2) is 5.78 Å². The molecule has 0 radical (unpaired) electrons. The van der Waals surface area contributed by atoms with Gasteiger partial charge in [0.25, 0.3) is 0 Å². The minimum Gasteiger partial charge on any atom is -0.393 e. The Labute approximate surface area is 140 Å². The number of carbonyl (C=O) groups excluding carboxylic acids is 1. The van der Waals surface area contributed by atoms with E-state index in [4.69, 9.17) is 0 Å². The van der Waals surface area contributed by atoms with E-state index >= 15 is 0 Å². The molecule has 0 aliphatic heterocycles. The quantitative estimate of drug-likeness (QED) is 0.772. The molecule has 4 aliphatic rings. The molecule has 128 valence electrons. The molecule has 1 N–H and O–H groups in total. The Morgan fingerprint density at radius 1 is 1.09 bits per heavy atom. The molecular weight excluding hydrogens is 284 g/mol. The smallest absolute Gasteiger partial charge is 0.155 e. The van der Waals surface area contributed by atoms with E-state index in [1.54, 1.807) is 0 Å². The van der Waals surface area contributed by atoms with Crippen molar-refractivity contribution in [3.63, 3.8) is 0 Å². The summed E-state index contributed by atoms with van der Waals surface area (Å²) >= 11 is 0. The second kappa shape index (κ2) is 5.18. The summed E-state index contributed by atoms with van der Waals surface area (Å²) in [6.07, 6.45) is 11.1. The predicted molar refractivity (Wildman–Crippen MR) is 91.9 cm³/mol. The second-order valence-corrected chi connectivity index (χ2v) is 9.44. The molecule has 0 saturated heterocycles. The van der Waals surface area contributed by atoms with E-state index in [1.807, 2.05) is 13.0 Å². The molecule has 4 rings (SSSR count). The van der Waals surface area contributed by atoms with Crippen molar-refractivity contribution >= 4 is 5.78 Å². The highest BCUT2D eigenvalue weighted by Gasteiger charge is 2.59. The van der Waals surface area contributed by atoms with Crippen LogP contribution in [0.25, 0.3) is 0 Å². The molecule has 0 aromatic heterocycles. The number of fused-ring (bicyclic) bond motifs is 5. The Kier molecular flexibility index (Phi) is 3.58. The number of ketones is 1. The van der Waals surface area contributed by atoms with Crippen LogP contribution < -0.4 is 0 Å². The maximum atomic E-state index is 11.9. The Morgan fingerprint density at radius 3 is 2.61 bits per heavy atom. The molecule has 23 heavy (non-hydrogen) atoms. The first kappa shape index (κ1) is 15.9. The van der Waals surface area contributed by atoms with Crippen LogP contribution in [0.3, 0.4) is 0 Å². The maximum Gasteiger partial charge on any atom is 0.155 e. The molecule has 0 aromatic rings. The molecule has 0 spiro atoms. The van der Waals surface area contributed by atoms with Crippen LogP contribution in [0.4, 0.5) is 0 Å². The lowest BCUT2D eigenvalue weighted by Gasteiger charge is -2.58. The molecular formula is C21H32O2. The molecule has 3 saturated carbocycles. The summed E-state index contributed by atoms with van der Waals surface area (Å²) in [5, 5.41) is 10.3. The fraction of sp³-hybridized carbons (Fsp3) is 0.857. The Bertz CT molecular complexity index is 548. The molecule has 0 unspecified atom stereocenters. The average Bonchev–Trinajstić information content (AvgIpc) is 2.85. The van der Waals surface area contributed by atoms with Crippen molar-refractivity contribution in [2.75, 3.05) is 0 Å². The highest BCUT2D eigenvalue weighted by atomic mass is 16.3. The van der Waals surface area contributed by atoms with Gasteiger partial charge in [-0.05, 0) is 92.4 Å². The summed E-state index contributed by atoms with van der Waals surface area (Å²) in [7, 11) is 0.